The molecule has 0 aromatic heterocycles. The van der Waals surface area contributed by atoms with Gasteiger partial charge >= 0.3 is 0 Å². The van der Waals surface area contributed by atoms with Crippen LogP contribution in [-0.4, -0.2) is 61.8 Å². The van der Waals surface area contributed by atoms with E-state index in [1.165, 1.54) is 23.8 Å². The molecule has 5 aromatic carbocycles. The molecule has 0 saturated carbocycles. The summed E-state index contributed by atoms with van der Waals surface area (Å²) < 4.78 is 78.1. The highest BCUT2D eigenvalue weighted by Gasteiger charge is 2.24. The van der Waals surface area contributed by atoms with Crippen molar-refractivity contribution in [3.63, 3.8) is 0 Å². The predicted octanol–water partition coefficient (Wildman–Crippen LogP) is 8.91. The molecule has 1 amide bonds. The van der Waals surface area contributed by atoms with E-state index in [1.54, 1.807) is 24.3 Å². The van der Waals surface area contributed by atoms with Crippen molar-refractivity contribution in [1.29, 1.82) is 0 Å². The molecule has 5 aromatic rings. The molecule has 0 bridgehead atoms. The summed E-state index contributed by atoms with van der Waals surface area (Å²) in [7, 11) is -9.14. The van der Waals surface area contributed by atoms with Crippen LogP contribution in [0.25, 0.3) is 5.57 Å². The van der Waals surface area contributed by atoms with E-state index in [0.717, 1.165) is 29.2 Å². The molecular weight excluding hydrogens is 811 g/mol. The number of hydrogen-bond donors (Lipinski definition) is 3. The maximum absolute atomic E-state index is 13.2. The summed E-state index contributed by atoms with van der Waals surface area (Å²) in [6.07, 6.45) is 8.12. The number of ether oxygens (including phenoxy) is 1. The Morgan fingerprint density at radius 3 is 2.10 bits per heavy atom. The van der Waals surface area contributed by atoms with Gasteiger partial charge in [-0.1, -0.05) is 72.8 Å². The van der Waals surface area contributed by atoms with Crippen LogP contribution in [0.3, 0.4) is 0 Å². The van der Waals surface area contributed by atoms with Gasteiger partial charge in [-0.05, 0) is 110 Å². The topological polar surface area (TPSA) is 153 Å². The highest BCUT2D eigenvalue weighted by molar-refractivity contribution is 7.86. The fourth-order valence-corrected chi connectivity index (χ4v) is 8.38. The molecule has 316 valence electrons. The molecule has 1 aliphatic carbocycles. The monoisotopic (exact) mass is 860 g/mol. The average Bonchev–Trinajstić information content (AvgIpc) is 3.25. The van der Waals surface area contributed by atoms with Crippen LogP contribution >= 0.6 is 0 Å². The molecular formula is C48H50N3O8S2+. The van der Waals surface area contributed by atoms with Crippen molar-refractivity contribution in [2.24, 2.45) is 0 Å². The van der Waals surface area contributed by atoms with E-state index >= 15 is 0 Å². The average molecular weight is 861 g/mol. The van der Waals surface area contributed by atoms with Crippen LogP contribution in [0.15, 0.2) is 161 Å². The Hall–Kier alpha value is -6.12. The smallest absolute Gasteiger partial charge is 0.295 e. The van der Waals surface area contributed by atoms with E-state index < -0.39 is 20.2 Å². The van der Waals surface area contributed by atoms with Crippen molar-refractivity contribution in [1.82, 2.24) is 0 Å². The Labute approximate surface area is 358 Å². The first-order valence-electron chi connectivity index (χ1n) is 20.0. The Morgan fingerprint density at radius 1 is 0.754 bits per heavy atom. The van der Waals surface area contributed by atoms with Gasteiger partial charge in [-0.3, -0.25) is 13.9 Å². The molecule has 1 aliphatic rings. The summed E-state index contributed by atoms with van der Waals surface area (Å²) in [5.74, 6) is 0.0515. The van der Waals surface area contributed by atoms with E-state index in [4.69, 9.17) is 4.74 Å². The van der Waals surface area contributed by atoms with Crippen molar-refractivity contribution in [3.05, 3.63) is 179 Å². The summed E-state index contributed by atoms with van der Waals surface area (Å²) in [5, 5.41) is 2.90. The lowest BCUT2D eigenvalue weighted by Gasteiger charge is -2.24. The fourth-order valence-electron chi connectivity index (χ4n) is 7.12. The number of rotatable bonds is 17. The van der Waals surface area contributed by atoms with Crippen LogP contribution in [0.1, 0.15) is 54.5 Å². The molecule has 0 heterocycles. The number of aryl methyl sites for hydroxylation is 1. The maximum atomic E-state index is 13.2. The van der Waals surface area contributed by atoms with Crippen molar-refractivity contribution in [3.8, 4) is 5.75 Å². The van der Waals surface area contributed by atoms with Crippen molar-refractivity contribution >= 4 is 48.8 Å². The van der Waals surface area contributed by atoms with Gasteiger partial charge in [0.15, 0.2) is 12.3 Å². The third-order valence-electron chi connectivity index (χ3n) is 10.3. The fraction of sp³-hybridized carbons (Fsp3) is 0.208. The van der Waals surface area contributed by atoms with E-state index in [1.807, 2.05) is 109 Å². The predicted molar refractivity (Wildman–Crippen MR) is 240 cm³/mol. The normalized spacial score (nSPS) is 12.6. The molecule has 6 rings (SSSR count). The Kier molecular flexibility index (Phi) is 14.5. The zero-order valence-corrected chi connectivity index (χ0v) is 36.0. The number of para-hydroxylation sites is 1. The highest BCUT2D eigenvalue weighted by atomic mass is 32.2. The minimum absolute atomic E-state index is 0.135. The number of nitrogens with one attached hydrogen (secondary N) is 1. The standard InChI is InChI=1S/C48H49N3O8S2/c1-4-50(33-36-14-7-6-8-15-36)40-24-20-38(21-25-40)48(39-22-26-41(27-23-39)51(5-2)34-37-16-11-17-43(31-37)60(53,54)55)44-29-28-42(32-46(44)61(56,57)58)59-30-12-19-47(52)49-45-18-10-9-13-35(45)3/h6-11,13-18,20-29,31-32H,4-5,12,19,30,33-34H2,1-3H3,(H2-,49,52,53,54,55,56,57,58)/p+1. The molecule has 0 fully saturated rings. The van der Waals surface area contributed by atoms with Crippen LogP contribution in [0.4, 0.5) is 11.4 Å². The number of nitrogens with zero attached hydrogens (tertiary/aromatic N) is 2. The first-order chi connectivity index (χ1) is 29.2. The number of amides is 1. The number of allylic oxidation sites excluding steroid dienone is 5. The van der Waals surface area contributed by atoms with Crippen molar-refractivity contribution in [2.75, 3.05) is 29.9 Å². The van der Waals surface area contributed by atoms with Gasteiger partial charge in [-0.25, -0.2) is 4.58 Å². The van der Waals surface area contributed by atoms with Crippen LogP contribution in [0, 0.1) is 6.92 Å². The van der Waals surface area contributed by atoms with Gasteiger partial charge in [0.1, 0.15) is 17.2 Å². The molecule has 61 heavy (non-hydrogen) atoms. The largest absolute Gasteiger partial charge is 0.494 e. The van der Waals surface area contributed by atoms with Crippen molar-refractivity contribution < 1.29 is 40.0 Å². The lowest BCUT2D eigenvalue weighted by Crippen LogP contribution is -2.21. The molecule has 13 heteroatoms. The number of carbonyl (C=O) groups excluding carboxylic acids is 1. The third-order valence-corrected chi connectivity index (χ3v) is 12.1. The lowest BCUT2D eigenvalue weighted by atomic mass is 9.90. The highest BCUT2D eigenvalue weighted by Crippen LogP contribution is 2.36. The van der Waals surface area contributed by atoms with E-state index in [9.17, 15) is 30.7 Å². The van der Waals surface area contributed by atoms with E-state index in [-0.39, 0.29) is 40.0 Å². The van der Waals surface area contributed by atoms with Gasteiger partial charge in [-0.15, -0.1) is 0 Å². The molecule has 11 nitrogen and oxygen atoms in total. The lowest BCUT2D eigenvalue weighted by molar-refractivity contribution is -0.539. The summed E-state index contributed by atoms with van der Waals surface area (Å²) in [4.78, 5) is 14.3. The minimum Gasteiger partial charge on any atom is -0.494 e. The molecule has 0 spiro atoms. The van der Waals surface area contributed by atoms with Crippen LogP contribution < -0.4 is 15.0 Å². The van der Waals surface area contributed by atoms with Gasteiger partial charge in [0.05, 0.1) is 11.5 Å². The summed E-state index contributed by atoms with van der Waals surface area (Å²) >= 11 is 0. The summed E-state index contributed by atoms with van der Waals surface area (Å²) in [6.45, 7) is 8.51. The van der Waals surface area contributed by atoms with Crippen LogP contribution in [-0.2, 0) is 38.1 Å². The first kappa shape index (κ1) is 44.4. The van der Waals surface area contributed by atoms with Crippen LogP contribution in [0.2, 0.25) is 0 Å². The summed E-state index contributed by atoms with van der Waals surface area (Å²) in [6, 6.07) is 36.2. The number of hydrogen-bond acceptors (Lipinski definition) is 7. The van der Waals surface area contributed by atoms with Gasteiger partial charge in [0.2, 0.25) is 5.91 Å². The van der Waals surface area contributed by atoms with E-state index in [0.29, 0.717) is 48.3 Å². The van der Waals surface area contributed by atoms with Crippen LogP contribution in [0.5, 0.6) is 5.75 Å². The van der Waals surface area contributed by atoms with Gasteiger partial charge in [-0.2, -0.15) is 16.8 Å². The second-order valence-electron chi connectivity index (χ2n) is 14.6. The van der Waals surface area contributed by atoms with E-state index in [2.05, 4.69) is 29.3 Å². The third kappa shape index (κ3) is 11.8. The SMILES string of the molecule is CCN(Cc1ccccc1)c1ccc(C(=C2C=CC(=[N+](CC)Cc3cccc(S(=O)(=O)O)c3)C=C2)c2ccc(OCCCC(=O)Nc3ccccc3C)cc2S(=O)(=O)O)cc1. The second-order valence-corrected chi connectivity index (χ2v) is 17.4. The zero-order chi connectivity index (χ0) is 43.6. The number of anilines is 2. The molecule has 0 radical (unpaired) electrons. The number of benzene rings is 5. The summed E-state index contributed by atoms with van der Waals surface area (Å²) in [5.41, 5.74) is 7.54. The maximum Gasteiger partial charge on any atom is 0.295 e. The Morgan fingerprint density at radius 2 is 1.44 bits per heavy atom. The minimum atomic E-state index is -4.78. The Bertz CT molecular complexity index is 2710. The molecule has 0 atom stereocenters. The van der Waals surface area contributed by atoms with Gasteiger partial charge in [0.25, 0.3) is 20.2 Å². The zero-order valence-electron chi connectivity index (χ0n) is 34.4. The second kappa shape index (κ2) is 20.0. The quantitative estimate of drug-likeness (QED) is 0.0473. The molecule has 0 aliphatic heterocycles. The Balaban J connectivity index is 1.33. The van der Waals surface area contributed by atoms with Gasteiger partial charge < -0.3 is 15.0 Å². The molecule has 3 N–H and O–H groups in total. The molecule has 0 saturated heterocycles. The van der Waals surface area contributed by atoms with Crippen molar-refractivity contribution in [2.45, 2.75) is 56.5 Å². The number of carbonyl (C=O) groups is 1. The molecule has 0 unspecified atom stereocenters. The first-order valence-corrected chi connectivity index (χ1v) is 22.9. The van der Waals surface area contributed by atoms with Gasteiger partial charge in [0, 0.05) is 60.2 Å².